The summed E-state index contributed by atoms with van der Waals surface area (Å²) in [6.07, 6.45) is -2.81. The summed E-state index contributed by atoms with van der Waals surface area (Å²) in [5.74, 6) is 0.00338. The van der Waals surface area contributed by atoms with Crippen LogP contribution in [-0.2, 0) is 6.54 Å². The minimum atomic E-state index is -4.77. The second kappa shape index (κ2) is 5.23. The smallest absolute Gasteiger partial charge is 0.379 e. The minimum absolute atomic E-state index is 0.00338. The molecule has 1 atom stereocenters. The topological polar surface area (TPSA) is 43.0 Å². The van der Waals surface area contributed by atoms with Crippen molar-refractivity contribution >= 4 is 0 Å². The van der Waals surface area contributed by atoms with E-state index in [-0.39, 0.29) is 17.9 Å². The van der Waals surface area contributed by atoms with Crippen LogP contribution in [0.5, 0.6) is 0 Å². The van der Waals surface area contributed by atoms with Crippen molar-refractivity contribution in [3.63, 3.8) is 0 Å². The number of aliphatic hydroxyl groups is 1. The Kier molecular flexibility index (Phi) is 3.80. The van der Waals surface area contributed by atoms with Crippen molar-refractivity contribution in [2.24, 2.45) is 0 Å². The average molecular weight is 295 g/mol. The summed E-state index contributed by atoms with van der Waals surface area (Å²) in [4.78, 5) is 3.71. The highest BCUT2D eigenvalue weighted by atomic mass is 19.4. The molecule has 0 amide bonds. The van der Waals surface area contributed by atoms with Gasteiger partial charge in [0, 0.05) is 30.4 Å². The highest BCUT2D eigenvalue weighted by molar-refractivity contribution is 5.16. The number of halogens is 5. The fraction of sp³-hybridized carbons (Fsp3) is 0.364. The molecule has 110 valence electrons. The maximum atomic E-state index is 12.6. The fourth-order valence-electron chi connectivity index (χ4n) is 1.72. The minimum Gasteiger partial charge on any atom is -0.379 e. The Morgan fingerprint density at radius 3 is 2.55 bits per heavy atom. The normalized spacial score (nSPS) is 13.9. The van der Waals surface area contributed by atoms with E-state index in [2.05, 4.69) is 4.98 Å². The SMILES string of the molecule is OC(c1ccn(Cc2nccn2C(F)F)c1)C(F)(F)F. The van der Waals surface area contributed by atoms with Gasteiger partial charge in [0.2, 0.25) is 0 Å². The summed E-state index contributed by atoms with van der Waals surface area (Å²) in [6.45, 7) is -2.90. The molecule has 2 aromatic rings. The summed E-state index contributed by atoms with van der Waals surface area (Å²) in [7, 11) is 0. The van der Waals surface area contributed by atoms with Crippen LogP contribution < -0.4 is 0 Å². The molecule has 2 rings (SSSR count). The molecule has 0 radical (unpaired) electrons. The van der Waals surface area contributed by atoms with E-state index in [1.54, 1.807) is 0 Å². The van der Waals surface area contributed by atoms with Crippen LogP contribution in [0.25, 0.3) is 0 Å². The molecule has 0 saturated heterocycles. The van der Waals surface area contributed by atoms with E-state index in [1.807, 2.05) is 0 Å². The lowest BCUT2D eigenvalue weighted by molar-refractivity contribution is -0.206. The van der Waals surface area contributed by atoms with Crippen LogP contribution in [-0.4, -0.2) is 25.4 Å². The number of nitrogens with zero attached hydrogens (tertiary/aromatic N) is 3. The Bertz CT molecular complexity index is 575. The molecule has 0 aliphatic heterocycles. The third-order valence-corrected chi connectivity index (χ3v) is 2.68. The standard InChI is InChI=1S/C11H10F5N3O/c12-10(13)19-4-2-17-8(19)6-18-3-1-7(5-18)9(20)11(14,15)16/h1-5,9-10,20H,6H2. The first kappa shape index (κ1) is 14.5. The second-order valence-corrected chi connectivity index (χ2v) is 4.09. The number of aliphatic hydroxyl groups excluding tert-OH is 1. The van der Waals surface area contributed by atoms with Crippen LogP contribution in [0.15, 0.2) is 30.9 Å². The molecule has 0 bridgehead atoms. The van der Waals surface area contributed by atoms with Crippen molar-refractivity contribution in [1.29, 1.82) is 0 Å². The molecule has 2 heterocycles. The summed E-state index contributed by atoms with van der Waals surface area (Å²) in [5.41, 5.74) is -0.354. The van der Waals surface area contributed by atoms with Gasteiger partial charge in [-0.3, -0.25) is 4.57 Å². The zero-order valence-corrected chi connectivity index (χ0v) is 9.93. The number of hydrogen-bond acceptors (Lipinski definition) is 2. The number of aromatic nitrogens is 3. The Balaban J connectivity index is 2.16. The molecule has 0 aliphatic carbocycles. The van der Waals surface area contributed by atoms with Crippen molar-refractivity contribution in [1.82, 2.24) is 14.1 Å². The van der Waals surface area contributed by atoms with E-state index in [0.717, 1.165) is 18.5 Å². The molecular formula is C11H10F5N3O. The van der Waals surface area contributed by atoms with Crippen molar-refractivity contribution in [3.8, 4) is 0 Å². The monoisotopic (exact) mass is 295 g/mol. The van der Waals surface area contributed by atoms with Crippen molar-refractivity contribution in [2.75, 3.05) is 0 Å². The van der Waals surface area contributed by atoms with E-state index in [1.165, 1.54) is 17.0 Å². The first-order valence-electron chi connectivity index (χ1n) is 5.49. The molecule has 4 nitrogen and oxygen atoms in total. The zero-order valence-electron chi connectivity index (χ0n) is 9.93. The van der Waals surface area contributed by atoms with Gasteiger partial charge in [0.05, 0.1) is 6.54 Å². The van der Waals surface area contributed by atoms with Crippen LogP contribution in [0, 0.1) is 0 Å². The van der Waals surface area contributed by atoms with E-state index in [4.69, 9.17) is 5.11 Å². The second-order valence-electron chi connectivity index (χ2n) is 4.09. The maximum absolute atomic E-state index is 12.6. The molecule has 0 aliphatic rings. The number of alkyl halides is 5. The predicted molar refractivity (Wildman–Crippen MR) is 58.0 cm³/mol. The van der Waals surface area contributed by atoms with Gasteiger partial charge >= 0.3 is 12.7 Å². The van der Waals surface area contributed by atoms with Gasteiger partial charge in [-0.05, 0) is 6.07 Å². The van der Waals surface area contributed by atoms with Crippen LogP contribution in [0.1, 0.15) is 24.0 Å². The molecule has 9 heteroatoms. The molecule has 1 N–H and O–H groups in total. The number of hydrogen-bond donors (Lipinski definition) is 1. The molecular weight excluding hydrogens is 285 g/mol. The van der Waals surface area contributed by atoms with Gasteiger partial charge < -0.3 is 9.67 Å². The largest absolute Gasteiger partial charge is 0.418 e. The predicted octanol–water partition coefficient (Wildman–Crippen LogP) is 2.72. The fourth-order valence-corrected chi connectivity index (χ4v) is 1.72. The van der Waals surface area contributed by atoms with Crippen LogP contribution in [0.2, 0.25) is 0 Å². The molecule has 0 saturated carbocycles. The van der Waals surface area contributed by atoms with Gasteiger partial charge in [0.15, 0.2) is 6.10 Å². The highest BCUT2D eigenvalue weighted by Crippen LogP contribution is 2.32. The Labute approximate surface area is 110 Å². The van der Waals surface area contributed by atoms with E-state index in [9.17, 15) is 22.0 Å². The average Bonchev–Trinajstić information content (AvgIpc) is 2.96. The molecule has 0 fully saturated rings. The Morgan fingerprint density at radius 2 is 1.95 bits per heavy atom. The first-order valence-corrected chi connectivity index (χ1v) is 5.49. The molecule has 0 aromatic carbocycles. The number of rotatable bonds is 4. The van der Waals surface area contributed by atoms with Gasteiger partial charge in [-0.25, -0.2) is 4.98 Å². The summed E-state index contributed by atoms with van der Waals surface area (Å²) in [6, 6.07) is 1.08. The van der Waals surface area contributed by atoms with Crippen LogP contribution in [0.3, 0.4) is 0 Å². The van der Waals surface area contributed by atoms with Gasteiger partial charge in [0.25, 0.3) is 0 Å². The van der Waals surface area contributed by atoms with Crippen molar-refractivity contribution in [2.45, 2.75) is 25.4 Å². The van der Waals surface area contributed by atoms with Gasteiger partial charge in [0.1, 0.15) is 5.82 Å². The van der Waals surface area contributed by atoms with E-state index >= 15 is 0 Å². The molecule has 20 heavy (non-hydrogen) atoms. The maximum Gasteiger partial charge on any atom is 0.418 e. The third-order valence-electron chi connectivity index (χ3n) is 2.68. The Morgan fingerprint density at radius 1 is 1.25 bits per heavy atom. The third kappa shape index (κ3) is 2.98. The lowest BCUT2D eigenvalue weighted by atomic mass is 10.2. The lowest BCUT2D eigenvalue weighted by Crippen LogP contribution is -2.19. The quantitative estimate of drug-likeness (QED) is 0.881. The Hall–Kier alpha value is -1.90. The van der Waals surface area contributed by atoms with Crippen molar-refractivity contribution < 1.29 is 27.1 Å². The van der Waals surface area contributed by atoms with Gasteiger partial charge in [-0.15, -0.1) is 0 Å². The molecule has 1 unspecified atom stereocenters. The van der Waals surface area contributed by atoms with E-state index in [0.29, 0.717) is 4.57 Å². The zero-order chi connectivity index (χ0) is 14.9. The molecule has 2 aromatic heterocycles. The first-order chi connectivity index (χ1) is 9.29. The summed E-state index contributed by atoms with van der Waals surface area (Å²) < 4.78 is 64.0. The molecule has 0 spiro atoms. The van der Waals surface area contributed by atoms with Crippen molar-refractivity contribution in [3.05, 3.63) is 42.2 Å². The van der Waals surface area contributed by atoms with Gasteiger partial charge in [-0.2, -0.15) is 22.0 Å². The lowest BCUT2D eigenvalue weighted by Gasteiger charge is -2.12. The van der Waals surface area contributed by atoms with Gasteiger partial charge in [-0.1, -0.05) is 0 Å². The van der Waals surface area contributed by atoms with Crippen LogP contribution >= 0.6 is 0 Å². The van der Waals surface area contributed by atoms with Crippen LogP contribution in [0.4, 0.5) is 22.0 Å². The summed E-state index contributed by atoms with van der Waals surface area (Å²) in [5, 5.41) is 9.06. The van der Waals surface area contributed by atoms with E-state index < -0.39 is 18.8 Å². The highest BCUT2D eigenvalue weighted by Gasteiger charge is 2.39. The number of imidazole rings is 1. The summed E-state index contributed by atoms with van der Waals surface area (Å²) >= 11 is 0.